The maximum Gasteiger partial charge on any atom is 0.339 e. The summed E-state index contributed by atoms with van der Waals surface area (Å²) in [4.78, 5) is 59.5. The summed E-state index contributed by atoms with van der Waals surface area (Å²) < 4.78 is 5.81. The van der Waals surface area contributed by atoms with Gasteiger partial charge < -0.3 is 4.74 Å². The number of pyridine rings is 1. The molecule has 5 atom stereocenters. The second-order valence-corrected chi connectivity index (χ2v) is 12.1. The topological polar surface area (TPSA) is 93.6 Å². The molecule has 2 saturated carbocycles. The first-order chi connectivity index (χ1) is 20.8. The molecule has 216 valence electrons. The van der Waals surface area contributed by atoms with Crippen LogP contribution in [0.2, 0.25) is 0 Å². The summed E-state index contributed by atoms with van der Waals surface area (Å²) >= 11 is 0. The molecular formula is C36H32N2O5. The van der Waals surface area contributed by atoms with Crippen LogP contribution in [0, 0.1) is 30.6 Å². The zero-order valence-electron chi connectivity index (χ0n) is 24.2. The molecule has 0 spiro atoms. The van der Waals surface area contributed by atoms with Gasteiger partial charge in [0, 0.05) is 16.5 Å². The molecule has 43 heavy (non-hydrogen) atoms. The summed E-state index contributed by atoms with van der Waals surface area (Å²) in [5.74, 6) is -0.684. The van der Waals surface area contributed by atoms with Crippen molar-refractivity contribution >= 4 is 40.2 Å². The molecule has 7 nitrogen and oxygen atoms in total. The molecular weight excluding hydrogens is 540 g/mol. The predicted octanol–water partition coefficient (Wildman–Crippen LogP) is 6.56. The number of rotatable bonds is 7. The molecule has 1 saturated heterocycles. The van der Waals surface area contributed by atoms with Gasteiger partial charge in [-0.15, -0.1) is 0 Å². The fourth-order valence-corrected chi connectivity index (χ4v) is 7.40. The molecule has 3 aliphatic rings. The van der Waals surface area contributed by atoms with Gasteiger partial charge in [0.25, 0.3) is 0 Å². The highest BCUT2D eigenvalue weighted by Crippen LogP contribution is 2.56. The number of benzene rings is 3. The number of amides is 2. The number of imide groups is 1. The third-order valence-corrected chi connectivity index (χ3v) is 9.50. The van der Waals surface area contributed by atoms with Crippen LogP contribution >= 0.6 is 0 Å². The van der Waals surface area contributed by atoms with Crippen LogP contribution in [0.1, 0.15) is 58.9 Å². The van der Waals surface area contributed by atoms with Crippen molar-refractivity contribution in [1.29, 1.82) is 0 Å². The van der Waals surface area contributed by atoms with Crippen molar-refractivity contribution in [3.63, 3.8) is 0 Å². The number of nitrogens with zero attached hydrogens (tertiary/aromatic N) is 2. The number of aryl methyl sites for hydroxylation is 1. The maximum absolute atomic E-state index is 13.6. The molecule has 3 fully saturated rings. The summed E-state index contributed by atoms with van der Waals surface area (Å²) in [6.45, 7) is 3.75. The van der Waals surface area contributed by atoms with Gasteiger partial charge in [0.05, 0.1) is 34.3 Å². The van der Waals surface area contributed by atoms with Crippen molar-refractivity contribution in [3.05, 3.63) is 95.6 Å². The zero-order chi connectivity index (χ0) is 29.8. The highest BCUT2D eigenvalue weighted by Gasteiger charge is 2.61. The average Bonchev–Trinajstić information content (AvgIpc) is 3.72. The summed E-state index contributed by atoms with van der Waals surface area (Å²) in [6, 6.07) is 23.4. The van der Waals surface area contributed by atoms with Gasteiger partial charge in [0.2, 0.25) is 17.6 Å². The van der Waals surface area contributed by atoms with Crippen molar-refractivity contribution in [2.24, 2.45) is 23.7 Å². The minimum atomic E-state index is -0.920. The number of fused-ring (bicyclic) bond motifs is 6. The lowest BCUT2D eigenvalue weighted by Gasteiger charge is -2.19. The van der Waals surface area contributed by atoms with Gasteiger partial charge in [-0.25, -0.2) is 9.78 Å². The van der Waals surface area contributed by atoms with Gasteiger partial charge in [-0.1, -0.05) is 61.0 Å². The summed E-state index contributed by atoms with van der Waals surface area (Å²) in [7, 11) is 0. The molecule has 0 radical (unpaired) electrons. The Morgan fingerprint density at radius 1 is 0.907 bits per heavy atom. The van der Waals surface area contributed by atoms with E-state index in [-0.39, 0.29) is 29.4 Å². The normalized spacial score (nSPS) is 23.1. The monoisotopic (exact) mass is 572 g/mol. The third-order valence-electron chi connectivity index (χ3n) is 9.50. The Hall–Kier alpha value is -4.65. The summed E-state index contributed by atoms with van der Waals surface area (Å²) in [5, 5.41) is 0.641. The molecule has 2 heterocycles. The Labute approximate surface area is 249 Å². The summed E-state index contributed by atoms with van der Waals surface area (Å²) in [6.07, 6.45) is 2.49. The Bertz CT molecular complexity index is 1750. The van der Waals surface area contributed by atoms with Gasteiger partial charge in [0.1, 0.15) is 0 Å². The van der Waals surface area contributed by atoms with Crippen LogP contribution in [0.15, 0.2) is 78.9 Å². The van der Waals surface area contributed by atoms with Crippen molar-refractivity contribution in [2.75, 3.05) is 4.90 Å². The van der Waals surface area contributed by atoms with E-state index in [2.05, 4.69) is 0 Å². The molecule has 7 heteroatoms. The zero-order valence-corrected chi connectivity index (χ0v) is 24.2. The van der Waals surface area contributed by atoms with Crippen LogP contribution in [-0.2, 0) is 14.3 Å². The fourth-order valence-electron chi connectivity index (χ4n) is 7.40. The standard InChI is InChI=1S/C36H32N2O5/c1-3-30(33(39)22-7-5-4-6-8-22)43-36(42)27-19-29(37-28-16-9-20(2)17-26(27)28)21-12-14-25(15-13-21)38-34(40)31-23-10-11-24(18-23)32(31)35(38)41/h4-9,12-17,19,23-24,30-32H,3,10-11,18H2,1-2H3/t23-,24+,30-,31-,32+/m0/s1. The van der Waals surface area contributed by atoms with E-state index in [0.717, 1.165) is 30.4 Å². The van der Waals surface area contributed by atoms with E-state index < -0.39 is 12.1 Å². The van der Waals surface area contributed by atoms with Crippen molar-refractivity contribution in [3.8, 4) is 11.3 Å². The highest BCUT2D eigenvalue weighted by atomic mass is 16.5. The highest BCUT2D eigenvalue weighted by molar-refractivity contribution is 6.22. The minimum Gasteiger partial charge on any atom is -0.450 e. The van der Waals surface area contributed by atoms with Crippen molar-refractivity contribution in [1.82, 2.24) is 4.98 Å². The number of hydrogen-bond acceptors (Lipinski definition) is 6. The fraction of sp³-hybridized carbons (Fsp3) is 0.306. The lowest BCUT2D eigenvalue weighted by molar-refractivity contribution is -0.123. The molecule has 7 rings (SSSR count). The van der Waals surface area contributed by atoms with Crippen molar-refractivity contribution in [2.45, 2.75) is 45.6 Å². The number of ether oxygens (including phenoxy) is 1. The molecule has 1 aliphatic heterocycles. The first-order valence-electron chi connectivity index (χ1n) is 15.0. The van der Waals surface area contributed by atoms with Gasteiger partial charge >= 0.3 is 5.97 Å². The first-order valence-corrected chi connectivity index (χ1v) is 15.0. The predicted molar refractivity (Wildman–Crippen MR) is 162 cm³/mol. The number of esters is 1. The molecule has 2 bridgehead atoms. The van der Waals surface area contributed by atoms with Crippen LogP contribution in [0.25, 0.3) is 22.2 Å². The van der Waals surface area contributed by atoms with Gasteiger partial charge in [0.15, 0.2) is 6.10 Å². The molecule has 3 aromatic carbocycles. The molecule has 1 aromatic heterocycles. The van der Waals surface area contributed by atoms with Crippen LogP contribution in [0.5, 0.6) is 0 Å². The van der Waals surface area contributed by atoms with Crippen LogP contribution in [0.4, 0.5) is 5.69 Å². The number of carbonyl (C=O) groups excluding carboxylic acids is 4. The number of carbonyl (C=O) groups is 4. The second-order valence-electron chi connectivity index (χ2n) is 12.1. The number of Topliss-reactive ketones (excluding diaryl/α,β-unsaturated/α-hetero) is 1. The number of ketones is 1. The number of hydrogen-bond donors (Lipinski definition) is 0. The maximum atomic E-state index is 13.6. The van der Waals surface area contributed by atoms with Crippen LogP contribution in [0.3, 0.4) is 0 Å². The quantitative estimate of drug-likeness (QED) is 0.141. The Morgan fingerprint density at radius 3 is 2.23 bits per heavy atom. The van der Waals surface area contributed by atoms with E-state index in [1.165, 1.54) is 4.90 Å². The van der Waals surface area contributed by atoms with Crippen LogP contribution in [-0.4, -0.2) is 34.7 Å². The van der Waals surface area contributed by atoms with Gasteiger partial charge in [-0.05, 0) is 74.8 Å². The van der Waals surface area contributed by atoms with Gasteiger partial charge in [-0.3, -0.25) is 19.3 Å². The molecule has 4 aromatic rings. The molecule has 0 unspecified atom stereocenters. The number of anilines is 1. The molecule has 2 aliphatic carbocycles. The Kier molecular flexibility index (Phi) is 6.68. The van der Waals surface area contributed by atoms with E-state index in [1.54, 1.807) is 42.5 Å². The largest absolute Gasteiger partial charge is 0.450 e. The van der Waals surface area contributed by atoms with E-state index in [4.69, 9.17) is 9.72 Å². The van der Waals surface area contributed by atoms with E-state index in [9.17, 15) is 19.2 Å². The lowest BCUT2D eigenvalue weighted by atomic mass is 9.81. The second kappa shape index (κ2) is 10.6. The summed E-state index contributed by atoms with van der Waals surface area (Å²) in [5.41, 5.74) is 4.23. The lowest BCUT2D eigenvalue weighted by Crippen LogP contribution is -2.32. The smallest absolute Gasteiger partial charge is 0.339 e. The minimum absolute atomic E-state index is 0.0743. The molecule has 0 N–H and O–H groups in total. The van der Waals surface area contributed by atoms with E-state index >= 15 is 0 Å². The van der Waals surface area contributed by atoms with Gasteiger partial charge in [-0.2, -0.15) is 0 Å². The first kappa shape index (κ1) is 27.2. The van der Waals surface area contributed by atoms with Crippen LogP contribution < -0.4 is 4.90 Å². The van der Waals surface area contributed by atoms with Crippen molar-refractivity contribution < 1.29 is 23.9 Å². The Morgan fingerprint density at radius 2 is 1.58 bits per heavy atom. The third kappa shape index (κ3) is 4.54. The molecule has 2 amide bonds. The number of aromatic nitrogens is 1. The SMILES string of the molecule is CC[C@H](OC(=O)c1cc(-c2ccc(N3C(=O)[C@@H]4[C@@H]5CC[C@@H](C5)[C@@H]4C3=O)cc2)nc2ccc(C)cc12)C(=O)c1ccccc1. The van der Waals surface area contributed by atoms with E-state index in [1.807, 2.05) is 50.2 Å². The van der Waals surface area contributed by atoms with E-state index in [0.29, 0.717) is 51.7 Å². The Balaban J connectivity index is 1.19. The average molecular weight is 573 g/mol.